The van der Waals surface area contributed by atoms with Gasteiger partial charge in [-0.2, -0.15) is 4.98 Å². The molecule has 2 rings (SSSR count). The molecule has 94 valence electrons. The molecular weight excluding hydrogens is 284 g/mol. The molecular formula is C12H17BrN2O2. The number of hydrogen-bond donors (Lipinski definition) is 2. The topological polar surface area (TPSA) is 66.0 Å². The number of H-pyrrole nitrogens is 1. The van der Waals surface area contributed by atoms with Crippen LogP contribution in [0.4, 0.5) is 0 Å². The number of rotatable bonds is 2. The van der Waals surface area contributed by atoms with Crippen molar-refractivity contribution in [1.29, 1.82) is 0 Å². The maximum absolute atomic E-state index is 11.6. The lowest BCUT2D eigenvalue weighted by Gasteiger charge is -2.27. The van der Waals surface area contributed by atoms with Crippen LogP contribution < -0.4 is 5.56 Å². The van der Waals surface area contributed by atoms with Gasteiger partial charge in [0.2, 0.25) is 5.88 Å². The predicted molar refractivity (Wildman–Crippen MR) is 69.2 cm³/mol. The molecule has 1 aliphatic rings. The number of nitrogens with zero attached hydrogens (tertiary/aromatic N) is 1. The average Bonchev–Trinajstić information content (AvgIpc) is 2.35. The van der Waals surface area contributed by atoms with Crippen LogP contribution in [0.2, 0.25) is 0 Å². The van der Waals surface area contributed by atoms with Gasteiger partial charge in [-0.1, -0.05) is 26.2 Å². The summed E-state index contributed by atoms with van der Waals surface area (Å²) in [6.45, 7) is 2.20. The highest BCUT2D eigenvalue weighted by molar-refractivity contribution is 9.10. The molecule has 0 radical (unpaired) electrons. The molecule has 0 saturated heterocycles. The van der Waals surface area contributed by atoms with E-state index in [1.165, 1.54) is 19.3 Å². The van der Waals surface area contributed by atoms with Crippen molar-refractivity contribution >= 4 is 15.9 Å². The fourth-order valence-corrected chi connectivity index (χ4v) is 2.76. The maximum Gasteiger partial charge on any atom is 0.269 e. The Bertz CT molecular complexity index is 458. The van der Waals surface area contributed by atoms with Crippen molar-refractivity contribution in [2.45, 2.75) is 44.9 Å². The van der Waals surface area contributed by atoms with E-state index < -0.39 is 0 Å². The van der Waals surface area contributed by atoms with Gasteiger partial charge in [0.15, 0.2) is 0 Å². The Labute approximate surface area is 109 Å². The van der Waals surface area contributed by atoms with Crippen LogP contribution in [0, 0.1) is 5.92 Å². The molecule has 1 aromatic rings. The number of nitrogens with one attached hydrogen (secondary N) is 1. The van der Waals surface area contributed by atoms with Crippen LogP contribution in [0.3, 0.4) is 0 Å². The van der Waals surface area contributed by atoms with Crippen molar-refractivity contribution in [1.82, 2.24) is 9.97 Å². The van der Waals surface area contributed by atoms with Gasteiger partial charge in [0.05, 0.1) is 0 Å². The zero-order chi connectivity index (χ0) is 12.4. The van der Waals surface area contributed by atoms with Crippen molar-refractivity contribution < 1.29 is 5.11 Å². The molecule has 17 heavy (non-hydrogen) atoms. The van der Waals surface area contributed by atoms with Gasteiger partial charge in [-0.25, -0.2) is 0 Å². The lowest BCUT2D eigenvalue weighted by molar-refractivity contribution is 0.304. The van der Waals surface area contributed by atoms with Crippen LogP contribution in [-0.4, -0.2) is 15.1 Å². The summed E-state index contributed by atoms with van der Waals surface area (Å²) in [5.41, 5.74) is -0.300. The molecule has 1 aromatic heterocycles. The van der Waals surface area contributed by atoms with Crippen LogP contribution in [0.15, 0.2) is 9.27 Å². The van der Waals surface area contributed by atoms with Crippen molar-refractivity contribution in [3.8, 4) is 5.88 Å². The van der Waals surface area contributed by atoms with E-state index in [0.29, 0.717) is 11.7 Å². The Kier molecular flexibility index (Phi) is 3.86. The van der Waals surface area contributed by atoms with E-state index in [9.17, 15) is 9.90 Å². The largest absolute Gasteiger partial charge is 0.492 e. The summed E-state index contributed by atoms with van der Waals surface area (Å²) >= 11 is 3.01. The standard InChI is InChI=1S/C12H17BrN2O2/c1-2-7-4-3-5-8(6-7)10-14-11(16)9(13)12(17)15-10/h7-8H,2-6H2,1H3,(H2,14,15,16,17). The van der Waals surface area contributed by atoms with Crippen LogP contribution in [-0.2, 0) is 0 Å². The van der Waals surface area contributed by atoms with Gasteiger partial charge in [-0.15, -0.1) is 0 Å². The van der Waals surface area contributed by atoms with Gasteiger partial charge < -0.3 is 10.1 Å². The van der Waals surface area contributed by atoms with E-state index in [-0.39, 0.29) is 21.8 Å². The Morgan fingerprint density at radius 3 is 2.94 bits per heavy atom. The number of halogens is 1. The summed E-state index contributed by atoms with van der Waals surface area (Å²) in [5.74, 6) is 1.42. The molecule has 2 atom stereocenters. The maximum atomic E-state index is 11.6. The van der Waals surface area contributed by atoms with Crippen LogP contribution in [0.5, 0.6) is 5.88 Å². The summed E-state index contributed by atoms with van der Waals surface area (Å²) < 4.78 is 0.115. The highest BCUT2D eigenvalue weighted by Gasteiger charge is 2.24. The van der Waals surface area contributed by atoms with Crippen molar-refractivity contribution in [2.75, 3.05) is 0 Å². The van der Waals surface area contributed by atoms with Gasteiger partial charge in [0.25, 0.3) is 5.56 Å². The Morgan fingerprint density at radius 1 is 1.53 bits per heavy atom. The summed E-state index contributed by atoms with van der Waals surface area (Å²) in [7, 11) is 0. The molecule has 0 aromatic carbocycles. The molecule has 1 aliphatic carbocycles. The number of aromatic nitrogens is 2. The van der Waals surface area contributed by atoms with Crippen molar-refractivity contribution in [3.05, 3.63) is 20.7 Å². The summed E-state index contributed by atoms with van der Waals surface area (Å²) in [6, 6.07) is 0. The summed E-state index contributed by atoms with van der Waals surface area (Å²) in [5, 5.41) is 9.56. The molecule has 0 bridgehead atoms. The monoisotopic (exact) mass is 300 g/mol. The lowest BCUT2D eigenvalue weighted by atomic mass is 9.80. The molecule has 0 aliphatic heterocycles. The Morgan fingerprint density at radius 2 is 2.29 bits per heavy atom. The van der Waals surface area contributed by atoms with Crippen molar-refractivity contribution in [3.63, 3.8) is 0 Å². The van der Waals surface area contributed by atoms with Gasteiger partial charge in [0, 0.05) is 5.92 Å². The highest BCUT2D eigenvalue weighted by atomic mass is 79.9. The van der Waals surface area contributed by atoms with Crippen LogP contribution >= 0.6 is 15.9 Å². The van der Waals surface area contributed by atoms with Crippen LogP contribution in [0.1, 0.15) is 50.8 Å². The van der Waals surface area contributed by atoms with E-state index in [2.05, 4.69) is 32.8 Å². The minimum absolute atomic E-state index is 0.115. The average molecular weight is 301 g/mol. The fourth-order valence-electron chi connectivity index (χ4n) is 2.57. The molecule has 0 spiro atoms. The Hall–Kier alpha value is -0.840. The van der Waals surface area contributed by atoms with E-state index in [1.54, 1.807) is 0 Å². The third-order valence-electron chi connectivity index (χ3n) is 3.61. The molecule has 2 unspecified atom stereocenters. The minimum atomic E-state index is -0.300. The van der Waals surface area contributed by atoms with Gasteiger partial charge in [-0.3, -0.25) is 4.79 Å². The number of hydrogen-bond acceptors (Lipinski definition) is 3. The first kappa shape index (κ1) is 12.6. The number of aromatic amines is 1. The zero-order valence-corrected chi connectivity index (χ0v) is 11.5. The zero-order valence-electron chi connectivity index (χ0n) is 9.87. The number of aromatic hydroxyl groups is 1. The highest BCUT2D eigenvalue weighted by Crippen LogP contribution is 2.36. The van der Waals surface area contributed by atoms with Crippen LogP contribution in [0.25, 0.3) is 0 Å². The molecule has 1 heterocycles. The molecule has 0 amide bonds. The SMILES string of the molecule is CCC1CCCC(c2nc(O)c(Br)c(=O)[nH]2)C1. The van der Waals surface area contributed by atoms with E-state index in [0.717, 1.165) is 12.8 Å². The predicted octanol–water partition coefficient (Wildman–Crippen LogP) is 2.92. The second-order valence-electron chi connectivity index (χ2n) is 4.73. The quantitative estimate of drug-likeness (QED) is 0.882. The first-order chi connectivity index (χ1) is 8.11. The van der Waals surface area contributed by atoms with Gasteiger partial charge in [0.1, 0.15) is 10.3 Å². The lowest BCUT2D eigenvalue weighted by Crippen LogP contribution is -2.20. The first-order valence-corrected chi connectivity index (χ1v) is 6.89. The summed E-state index contributed by atoms with van der Waals surface area (Å²) in [4.78, 5) is 18.4. The second kappa shape index (κ2) is 5.21. The van der Waals surface area contributed by atoms with Gasteiger partial charge in [-0.05, 0) is 34.7 Å². The van der Waals surface area contributed by atoms with Crippen molar-refractivity contribution in [2.24, 2.45) is 5.92 Å². The molecule has 1 fully saturated rings. The van der Waals surface area contributed by atoms with Gasteiger partial charge >= 0.3 is 0 Å². The fraction of sp³-hybridized carbons (Fsp3) is 0.667. The third kappa shape index (κ3) is 2.70. The first-order valence-electron chi connectivity index (χ1n) is 6.10. The van der Waals surface area contributed by atoms with E-state index >= 15 is 0 Å². The minimum Gasteiger partial charge on any atom is -0.492 e. The second-order valence-corrected chi connectivity index (χ2v) is 5.52. The normalized spacial score (nSPS) is 24.8. The summed E-state index contributed by atoms with van der Waals surface area (Å²) in [6.07, 6.45) is 5.70. The molecule has 5 heteroatoms. The van der Waals surface area contributed by atoms with E-state index in [1.807, 2.05) is 0 Å². The van der Waals surface area contributed by atoms with E-state index in [4.69, 9.17) is 0 Å². The molecule has 2 N–H and O–H groups in total. The Balaban J connectivity index is 2.25. The third-order valence-corrected chi connectivity index (χ3v) is 4.33. The molecule has 1 saturated carbocycles. The smallest absolute Gasteiger partial charge is 0.269 e. The molecule has 4 nitrogen and oxygen atoms in total.